The molecule has 5 nitrogen and oxygen atoms in total. The Morgan fingerprint density at radius 1 is 1.21 bits per heavy atom. The molecule has 0 spiro atoms. The van der Waals surface area contributed by atoms with Gasteiger partial charge in [0, 0.05) is 6.54 Å². The van der Waals surface area contributed by atoms with Gasteiger partial charge in [0.15, 0.2) is 0 Å². The molecule has 0 aliphatic heterocycles. The maximum absolute atomic E-state index is 11.5. The standard InChI is InChI=1S/C14H21N3O2/c1-3-11-4-6-12(7-5-11)9-17(2)10-14(19)16-8-13(15)18/h4-7H,3,8-10H2,1-2H3,(H2,15,18)(H,16,19). The topological polar surface area (TPSA) is 75.4 Å². The predicted octanol–water partition coefficient (Wildman–Crippen LogP) is 0.282. The van der Waals surface area contributed by atoms with E-state index in [-0.39, 0.29) is 19.0 Å². The average molecular weight is 263 g/mol. The van der Waals surface area contributed by atoms with Gasteiger partial charge < -0.3 is 11.1 Å². The number of nitrogens with two attached hydrogens (primary N) is 1. The fourth-order valence-corrected chi connectivity index (χ4v) is 1.73. The third-order valence-electron chi connectivity index (χ3n) is 2.76. The molecule has 5 heteroatoms. The van der Waals surface area contributed by atoms with Gasteiger partial charge in [-0.05, 0) is 24.6 Å². The Kier molecular flexibility index (Phi) is 6.02. The number of rotatable bonds is 7. The summed E-state index contributed by atoms with van der Waals surface area (Å²) in [4.78, 5) is 23.9. The molecule has 3 N–H and O–H groups in total. The van der Waals surface area contributed by atoms with Gasteiger partial charge >= 0.3 is 0 Å². The van der Waals surface area contributed by atoms with Crippen molar-refractivity contribution in [3.8, 4) is 0 Å². The molecular formula is C14H21N3O2. The van der Waals surface area contributed by atoms with E-state index in [0.29, 0.717) is 6.54 Å². The Labute approximate surface area is 113 Å². The van der Waals surface area contributed by atoms with Crippen LogP contribution in [0.4, 0.5) is 0 Å². The molecule has 0 saturated heterocycles. The van der Waals surface area contributed by atoms with E-state index in [4.69, 9.17) is 5.73 Å². The van der Waals surface area contributed by atoms with Crippen LogP contribution in [0, 0.1) is 0 Å². The molecule has 0 fully saturated rings. The monoisotopic (exact) mass is 263 g/mol. The number of nitrogens with zero attached hydrogens (tertiary/aromatic N) is 1. The summed E-state index contributed by atoms with van der Waals surface area (Å²) in [6.07, 6.45) is 1.02. The predicted molar refractivity (Wildman–Crippen MR) is 74.4 cm³/mol. The van der Waals surface area contributed by atoms with Crippen LogP contribution in [0.1, 0.15) is 18.1 Å². The molecule has 2 amide bonds. The van der Waals surface area contributed by atoms with Crippen molar-refractivity contribution in [3.63, 3.8) is 0 Å². The van der Waals surface area contributed by atoms with Gasteiger partial charge in [-0.3, -0.25) is 14.5 Å². The van der Waals surface area contributed by atoms with Crippen molar-refractivity contribution in [1.82, 2.24) is 10.2 Å². The van der Waals surface area contributed by atoms with Gasteiger partial charge in [-0.1, -0.05) is 31.2 Å². The van der Waals surface area contributed by atoms with Crippen molar-refractivity contribution in [2.75, 3.05) is 20.1 Å². The number of hydrogen-bond donors (Lipinski definition) is 2. The fourth-order valence-electron chi connectivity index (χ4n) is 1.73. The molecular weight excluding hydrogens is 242 g/mol. The molecule has 0 heterocycles. The van der Waals surface area contributed by atoms with Crippen LogP contribution in [0.25, 0.3) is 0 Å². The van der Waals surface area contributed by atoms with Crippen LogP contribution in [-0.4, -0.2) is 36.9 Å². The highest BCUT2D eigenvalue weighted by molar-refractivity contribution is 5.84. The number of carbonyl (C=O) groups is 2. The van der Waals surface area contributed by atoms with Crippen LogP contribution in [0.2, 0.25) is 0 Å². The van der Waals surface area contributed by atoms with Crippen LogP contribution in [0.3, 0.4) is 0 Å². The van der Waals surface area contributed by atoms with Gasteiger partial charge in [-0.25, -0.2) is 0 Å². The Morgan fingerprint density at radius 2 is 1.79 bits per heavy atom. The van der Waals surface area contributed by atoms with E-state index >= 15 is 0 Å². The Balaban J connectivity index is 2.39. The first kappa shape index (κ1) is 15.2. The normalized spacial score (nSPS) is 10.5. The quantitative estimate of drug-likeness (QED) is 0.742. The Bertz CT molecular complexity index is 429. The lowest BCUT2D eigenvalue weighted by molar-refractivity contribution is -0.125. The first-order chi connectivity index (χ1) is 9.01. The first-order valence-electron chi connectivity index (χ1n) is 6.32. The second-order valence-corrected chi connectivity index (χ2v) is 4.59. The minimum Gasteiger partial charge on any atom is -0.368 e. The number of benzene rings is 1. The zero-order valence-corrected chi connectivity index (χ0v) is 11.5. The second-order valence-electron chi connectivity index (χ2n) is 4.59. The molecule has 1 rings (SSSR count). The van der Waals surface area contributed by atoms with E-state index in [1.165, 1.54) is 5.56 Å². The summed E-state index contributed by atoms with van der Waals surface area (Å²) >= 11 is 0. The number of nitrogens with one attached hydrogen (secondary N) is 1. The van der Waals surface area contributed by atoms with Crippen LogP contribution in [0.5, 0.6) is 0 Å². The molecule has 0 unspecified atom stereocenters. The minimum atomic E-state index is -0.536. The summed E-state index contributed by atoms with van der Waals surface area (Å²) in [7, 11) is 1.86. The highest BCUT2D eigenvalue weighted by atomic mass is 16.2. The largest absolute Gasteiger partial charge is 0.368 e. The molecule has 0 aromatic heterocycles. The van der Waals surface area contributed by atoms with Crippen molar-refractivity contribution in [2.24, 2.45) is 5.73 Å². The SMILES string of the molecule is CCc1ccc(CN(C)CC(=O)NCC(N)=O)cc1. The molecule has 104 valence electrons. The van der Waals surface area contributed by atoms with E-state index < -0.39 is 5.91 Å². The number of amides is 2. The smallest absolute Gasteiger partial charge is 0.236 e. The Hall–Kier alpha value is -1.88. The zero-order valence-electron chi connectivity index (χ0n) is 11.5. The number of likely N-dealkylation sites (N-methyl/N-ethyl adjacent to an activating group) is 1. The van der Waals surface area contributed by atoms with Gasteiger partial charge in [-0.15, -0.1) is 0 Å². The van der Waals surface area contributed by atoms with Gasteiger partial charge in [0.25, 0.3) is 0 Å². The molecule has 0 bridgehead atoms. The summed E-state index contributed by atoms with van der Waals surface area (Å²) in [6, 6.07) is 8.32. The van der Waals surface area contributed by atoms with Gasteiger partial charge in [0.05, 0.1) is 13.1 Å². The summed E-state index contributed by atoms with van der Waals surface area (Å²) in [5, 5.41) is 2.46. The van der Waals surface area contributed by atoms with Crippen LogP contribution in [-0.2, 0) is 22.6 Å². The number of aryl methyl sites for hydroxylation is 1. The lowest BCUT2D eigenvalue weighted by Crippen LogP contribution is -2.39. The lowest BCUT2D eigenvalue weighted by atomic mass is 10.1. The van der Waals surface area contributed by atoms with E-state index in [1.807, 2.05) is 11.9 Å². The highest BCUT2D eigenvalue weighted by Crippen LogP contribution is 2.07. The zero-order chi connectivity index (χ0) is 14.3. The van der Waals surface area contributed by atoms with Gasteiger partial charge in [0.2, 0.25) is 11.8 Å². The van der Waals surface area contributed by atoms with Gasteiger partial charge in [-0.2, -0.15) is 0 Å². The lowest BCUT2D eigenvalue weighted by Gasteiger charge is -2.16. The maximum atomic E-state index is 11.5. The molecule has 0 radical (unpaired) electrons. The number of hydrogen-bond acceptors (Lipinski definition) is 3. The average Bonchev–Trinajstić information content (AvgIpc) is 2.37. The minimum absolute atomic E-state index is 0.113. The second kappa shape index (κ2) is 7.53. The Morgan fingerprint density at radius 3 is 2.32 bits per heavy atom. The fraction of sp³-hybridized carbons (Fsp3) is 0.429. The molecule has 0 saturated carbocycles. The molecule has 0 aliphatic carbocycles. The number of carbonyl (C=O) groups excluding carboxylic acids is 2. The maximum Gasteiger partial charge on any atom is 0.236 e. The third kappa shape index (κ3) is 6.01. The summed E-state index contributed by atoms with van der Waals surface area (Å²) in [6.45, 7) is 2.93. The van der Waals surface area contributed by atoms with E-state index in [2.05, 4.69) is 36.5 Å². The van der Waals surface area contributed by atoms with Crippen molar-refractivity contribution < 1.29 is 9.59 Å². The third-order valence-corrected chi connectivity index (χ3v) is 2.76. The van der Waals surface area contributed by atoms with Crippen molar-refractivity contribution in [3.05, 3.63) is 35.4 Å². The molecule has 0 aliphatic rings. The summed E-state index contributed by atoms with van der Waals surface area (Å²) < 4.78 is 0. The molecule has 0 atom stereocenters. The van der Waals surface area contributed by atoms with Crippen molar-refractivity contribution in [2.45, 2.75) is 19.9 Å². The van der Waals surface area contributed by atoms with E-state index in [9.17, 15) is 9.59 Å². The molecule has 1 aromatic carbocycles. The van der Waals surface area contributed by atoms with Crippen LogP contribution < -0.4 is 11.1 Å². The number of primary amides is 1. The van der Waals surface area contributed by atoms with Crippen LogP contribution >= 0.6 is 0 Å². The van der Waals surface area contributed by atoms with E-state index in [0.717, 1.165) is 12.0 Å². The summed E-state index contributed by atoms with van der Waals surface area (Å²) in [5.74, 6) is -0.738. The molecule has 19 heavy (non-hydrogen) atoms. The van der Waals surface area contributed by atoms with Crippen molar-refractivity contribution >= 4 is 11.8 Å². The van der Waals surface area contributed by atoms with Crippen LogP contribution in [0.15, 0.2) is 24.3 Å². The van der Waals surface area contributed by atoms with Crippen molar-refractivity contribution in [1.29, 1.82) is 0 Å². The first-order valence-corrected chi connectivity index (χ1v) is 6.32. The highest BCUT2D eigenvalue weighted by Gasteiger charge is 2.07. The van der Waals surface area contributed by atoms with E-state index in [1.54, 1.807) is 0 Å². The molecule has 1 aromatic rings. The summed E-state index contributed by atoms with van der Waals surface area (Å²) in [5.41, 5.74) is 7.41. The van der Waals surface area contributed by atoms with Gasteiger partial charge in [0.1, 0.15) is 0 Å².